The number of carbonyl (C=O) groups excluding carboxylic acids is 1. The Labute approximate surface area is 120 Å². The summed E-state index contributed by atoms with van der Waals surface area (Å²) in [5, 5.41) is 17.8. The van der Waals surface area contributed by atoms with Gasteiger partial charge in [0.15, 0.2) is 0 Å². The number of benzene rings is 1. The van der Waals surface area contributed by atoms with Gasteiger partial charge in [-0.2, -0.15) is 0 Å². The van der Waals surface area contributed by atoms with Gasteiger partial charge in [-0.1, -0.05) is 24.3 Å². The fourth-order valence-electron chi connectivity index (χ4n) is 1.67. The van der Waals surface area contributed by atoms with E-state index in [0.29, 0.717) is 5.56 Å². The van der Waals surface area contributed by atoms with Crippen LogP contribution in [0.4, 0.5) is 0 Å². The number of carboxylic acids is 2. The Hall–Kier alpha value is -2.45. The Kier molecular flexibility index (Phi) is 5.82. The summed E-state index contributed by atoms with van der Waals surface area (Å²) in [6.45, 7) is 0.0755. The number of ether oxygens (including phenoxy) is 1. The summed E-state index contributed by atoms with van der Waals surface area (Å²) < 4.78 is 4.82. The summed E-state index contributed by atoms with van der Waals surface area (Å²) in [6, 6.07) is 4.90. The number of carboxylic acid groups (broad SMARTS) is 2. The molecule has 2 atom stereocenters. The molecule has 0 aliphatic carbocycles. The topological polar surface area (TPSA) is 153 Å². The zero-order chi connectivity index (χ0) is 16.0. The van der Waals surface area contributed by atoms with Crippen molar-refractivity contribution in [2.75, 3.05) is 0 Å². The smallest absolute Gasteiger partial charge is 0.349 e. The first-order chi connectivity index (χ1) is 9.86. The fourth-order valence-corrected chi connectivity index (χ4v) is 1.67. The van der Waals surface area contributed by atoms with Crippen LogP contribution in [0.5, 0.6) is 0 Å². The van der Waals surface area contributed by atoms with Crippen molar-refractivity contribution >= 4 is 17.9 Å². The van der Waals surface area contributed by atoms with Crippen LogP contribution in [0.3, 0.4) is 0 Å². The van der Waals surface area contributed by atoms with Crippen LogP contribution in [-0.2, 0) is 25.7 Å². The van der Waals surface area contributed by atoms with Gasteiger partial charge in [-0.05, 0) is 5.56 Å². The molecule has 0 saturated carbocycles. The van der Waals surface area contributed by atoms with E-state index in [-0.39, 0.29) is 12.1 Å². The van der Waals surface area contributed by atoms with Gasteiger partial charge in [0.2, 0.25) is 6.10 Å². The van der Waals surface area contributed by atoms with Crippen LogP contribution >= 0.6 is 0 Å². The highest BCUT2D eigenvalue weighted by Gasteiger charge is 2.28. The molecule has 0 spiro atoms. The minimum atomic E-state index is -1.56. The van der Waals surface area contributed by atoms with Crippen molar-refractivity contribution in [1.82, 2.24) is 0 Å². The third kappa shape index (κ3) is 4.55. The van der Waals surface area contributed by atoms with Gasteiger partial charge in [0, 0.05) is 12.1 Å². The molecule has 0 bridgehead atoms. The molecule has 6 N–H and O–H groups in total. The molecule has 0 radical (unpaired) electrons. The summed E-state index contributed by atoms with van der Waals surface area (Å²) >= 11 is 0. The molecule has 21 heavy (non-hydrogen) atoms. The number of rotatable bonds is 7. The molecule has 114 valence electrons. The molecular weight excluding hydrogens is 280 g/mol. The first kappa shape index (κ1) is 16.6. The summed E-state index contributed by atoms with van der Waals surface area (Å²) in [6.07, 6.45) is -2.18. The van der Waals surface area contributed by atoms with E-state index in [1.54, 1.807) is 18.2 Å². The molecule has 0 saturated heterocycles. The molecule has 2 unspecified atom stereocenters. The highest BCUT2D eigenvalue weighted by atomic mass is 16.6. The van der Waals surface area contributed by atoms with E-state index < -0.39 is 36.5 Å². The predicted molar refractivity (Wildman–Crippen MR) is 71.0 cm³/mol. The lowest BCUT2D eigenvalue weighted by atomic mass is 10.0. The second-order valence-electron chi connectivity index (χ2n) is 4.26. The van der Waals surface area contributed by atoms with E-state index in [4.69, 9.17) is 21.3 Å². The molecule has 0 fully saturated rings. The quantitative estimate of drug-likeness (QED) is 0.496. The summed E-state index contributed by atoms with van der Waals surface area (Å²) in [4.78, 5) is 33.4. The van der Waals surface area contributed by atoms with Crippen molar-refractivity contribution in [2.24, 2.45) is 11.5 Å². The molecular formula is C13H16N2O6. The standard InChI is InChI=1S/C13H16N2O6/c14-6-7-3-1-2-4-8(7)11(13(19)20)21-10(16)5-9(15)12(17)18/h1-4,9,11H,5-6,14-15H2,(H,17,18)(H,19,20). The molecule has 0 amide bonds. The van der Waals surface area contributed by atoms with Crippen LogP contribution < -0.4 is 11.5 Å². The zero-order valence-corrected chi connectivity index (χ0v) is 11.1. The van der Waals surface area contributed by atoms with Gasteiger partial charge in [0.1, 0.15) is 6.04 Å². The second kappa shape index (κ2) is 7.36. The van der Waals surface area contributed by atoms with Crippen molar-refractivity contribution in [2.45, 2.75) is 25.1 Å². The number of hydrogen-bond donors (Lipinski definition) is 4. The minimum Gasteiger partial charge on any atom is -0.480 e. The summed E-state index contributed by atoms with van der Waals surface area (Å²) in [5.41, 5.74) is 11.5. The largest absolute Gasteiger partial charge is 0.480 e. The molecule has 1 rings (SSSR count). The van der Waals surface area contributed by atoms with Crippen molar-refractivity contribution < 1.29 is 29.3 Å². The Morgan fingerprint density at radius 1 is 1.14 bits per heavy atom. The van der Waals surface area contributed by atoms with Gasteiger partial charge in [-0.15, -0.1) is 0 Å². The lowest BCUT2D eigenvalue weighted by Gasteiger charge is -2.17. The SMILES string of the molecule is NCc1ccccc1C(OC(=O)CC(N)C(=O)O)C(=O)O. The highest BCUT2D eigenvalue weighted by Crippen LogP contribution is 2.22. The average Bonchev–Trinajstić information content (AvgIpc) is 2.44. The number of hydrogen-bond acceptors (Lipinski definition) is 6. The number of nitrogens with two attached hydrogens (primary N) is 2. The monoisotopic (exact) mass is 296 g/mol. The predicted octanol–water partition coefficient (Wildman–Crippen LogP) is -0.384. The van der Waals surface area contributed by atoms with Crippen molar-refractivity contribution in [3.05, 3.63) is 35.4 Å². The third-order valence-corrected chi connectivity index (χ3v) is 2.73. The van der Waals surface area contributed by atoms with Crippen molar-refractivity contribution in [1.29, 1.82) is 0 Å². The average molecular weight is 296 g/mol. The van der Waals surface area contributed by atoms with Crippen LogP contribution in [0, 0.1) is 0 Å². The maximum atomic E-state index is 11.6. The van der Waals surface area contributed by atoms with Crippen LogP contribution in [-0.4, -0.2) is 34.2 Å². The van der Waals surface area contributed by atoms with Gasteiger partial charge in [0.25, 0.3) is 0 Å². The normalized spacial score (nSPS) is 13.2. The molecule has 0 heterocycles. The van der Waals surface area contributed by atoms with E-state index in [1.807, 2.05) is 0 Å². The Balaban J connectivity index is 2.91. The fraction of sp³-hybridized carbons (Fsp3) is 0.308. The Morgan fingerprint density at radius 3 is 2.29 bits per heavy atom. The summed E-state index contributed by atoms with van der Waals surface area (Å²) in [7, 11) is 0. The van der Waals surface area contributed by atoms with Gasteiger partial charge in [0.05, 0.1) is 6.42 Å². The molecule has 1 aromatic rings. The number of esters is 1. The van der Waals surface area contributed by atoms with Crippen LogP contribution in [0.15, 0.2) is 24.3 Å². The lowest BCUT2D eigenvalue weighted by molar-refractivity contribution is -0.165. The maximum Gasteiger partial charge on any atom is 0.349 e. The van der Waals surface area contributed by atoms with E-state index in [2.05, 4.69) is 0 Å². The Bertz CT molecular complexity index is 545. The van der Waals surface area contributed by atoms with Gasteiger partial charge < -0.3 is 26.4 Å². The van der Waals surface area contributed by atoms with E-state index in [9.17, 15) is 19.5 Å². The maximum absolute atomic E-state index is 11.6. The number of aliphatic carboxylic acids is 2. The van der Waals surface area contributed by atoms with Gasteiger partial charge in [-0.3, -0.25) is 9.59 Å². The molecule has 0 aromatic heterocycles. The van der Waals surface area contributed by atoms with Crippen LogP contribution in [0.2, 0.25) is 0 Å². The van der Waals surface area contributed by atoms with Crippen LogP contribution in [0.1, 0.15) is 23.7 Å². The van der Waals surface area contributed by atoms with E-state index in [0.717, 1.165) is 0 Å². The highest BCUT2D eigenvalue weighted by molar-refractivity contribution is 5.83. The second-order valence-corrected chi connectivity index (χ2v) is 4.26. The van der Waals surface area contributed by atoms with Crippen molar-refractivity contribution in [3.8, 4) is 0 Å². The van der Waals surface area contributed by atoms with E-state index >= 15 is 0 Å². The first-order valence-corrected chi connectivity index (χ1v) is 6.05. The molecule has 0 aliphatic rings. The van der Waals surface area contributed by atoms with Gasteiger partial charge in [-0.25, -0.2) is 4.79 Å². The molecule has 8 nitrogen and oxygen atoms in total. The first-order valence-electron chi connectivity index (χ1n) is 6.05. The van der Waals surface area contributed by atoms with Gasteiger partial charge >= 0.3 is 17.9 Å². The summed E-state index contributed by atoms with van der Waals surface area (Å²) in [5.74, 6) is -3.77. The Morgan fingerprint density at radius 2 is 1.76 bits per heavy atom. The third-order valence-electron chi connectivity index (χ3n) is 2.73. The molecule has 0 aliphatic heterocycles. The number of carbonyl (C=O) groups is 3. The van der Waals surface area contributed by atoms with Crippen LogP contribution in [0.25, 0.3) is 0 Å². The van der Waals surface area contributed by atoms with E-state index in [1.165, 1.54) is 6.07 Å². The molecule has 1 aromatic carbocycles. The lowest BCUT2D eigenvalue weighted by Crippen LogP contribution is -2.34. The zero-order valence-electron chi connectivity index (χ0n) is 11.1. The minimum absolute atomic E-state index is 0.0755. The molecule has 8 heteroatoms. The van der Waals surface area contributed by atoms with Crippen molar-refractivity contribution in [3.63, 3.8) is 0 Å².